The molecule has 3 aromatic carbocycles. The lowest BCUT2D eigenvalue weighted by Crippen LogP contribution is -2.07. The number of esters is 2. The number of furan rings is 1. The van der Waals surface area contributed by atoms with Crippen molar-refractivity contribution in [2.24, 2.45) is 0 Å². The molecule has 0 bridgehead atoms. The average Bonchev–Trinajstić information content (AvgIpc) is 3.21. The van der Waals surface area contributed by atoms with Crippen LogP contribution in [-0.2, 0) is 20.7 Å². The summed E-state index contributed by atoms with van der Waals surface area (Å²) in [5, 5.41) is 1.98. The highest BCUT2D eigenvalue weighted by Crippen LogP contribution is 2.37. The van der Waals surface area contributed by atoms with Crippen LogP contribution in [0.2, 0.25) is 0 Å². The summed E-state index contributed by atoms with van der Waals surface area (Å²) < 4.78 is 16.7. The summed E-state index contributed by atoms with van der Waals surface area (Å²) >= 11 is 0. The molecule has 0 saturated heterocycles. The van der Waals surface area contributed by atoms with Crippen molar-refractivity contribution >= 4 is 33.9 Å². The number of carbonyl (C=O) groups excluding carboxylic acids is 2. The molecule has 1 aromatic heterocycles. The van der Waals surface area contributed by atoms with Gasteiger partial charge in [-0.05, 0) is 68.5 Å². The Balaban J connectivity index is 1.53. The Morgan fingerprint density at radius 3 is 2.26 bits per heavy atom. The summed E-state index contributed by atoms with van der Waals surface area (Å²) in [5.74, 6) is -0.386. The predicted octanol–water partition coefficient (Wildman–Crippen LogP) is 7.09. The molecule has 0 fully saturated rings. The van der Waals surface area contributed by atoms with Crippen LogP contribution in [-0.4, -0.2) is 18.5 Å². The molecule has 0 saturated carbocycles. The van der Waals surface area contributed by atoms with Gasteiger partial charge in [-0.2, -0.15) is 0 Å². The minimum Gasteiger partial charge on any atom is -0.462 e. The Morgan fingerprint density at radius 2 is 1.57 bits per heavy atom. The van der Waals surface area contributed by atoms with E-state index in [9.17, 15) is 9.59 Å². The summed E-state index contributed by atoms with van der Waals surface area (Å²) in [6.07, 6.45) is 1.58. The maximum absolute atomic E-state index is 11.8. The smallest absolute Gasteiger partial charge is 0.338 e. The Morgan fingerprint density at radius 1 is 0.886 bits per heavy atom. The molecule has 4 aromatic rings. The molecule has 0 spiro atoms. The van der Waals surface area contributed by atoms with Gasteiger partial charge in [-0.15, -0.1) is 0 Å². The fourth-order valence-corrected chi connectivity index (χ4v) is 3.94. The highest BCUT2D eigenvalue weighted by Gasteiger charge is 2.15. The van der Waals surface area contributed by atoms with E-state index in [0.29, 0.717) is 29.1 Å². The molecular weight excluding hydrogens is 440 g/mol. The van der Waals surface area contributed by atoms with Crippen molar-refractivity contribution in [3.8, 4) is 16.9 Å². The first-order chi connectivity index (χ1) is 16.7. The quantitative estimate of drug-likeness (QED) is 0.119. The number of benzene rings is 3. The van der Waals surface area contributed by atoms with Gasteiger partial charge in [-0.1, -0.05) is 43.5 Å². The van der Waals surface area contributed by atoms with Crippen LogP contribution in [0.15, 0.2) is 83.3 Å². The van der Waals surface area contributed by atoms with E-state index in [1.807, 2.05) is 13.0 Å². The SMILES string of the molecule is C=C(C)C(=O)OCCCc1ccc(-c2ccc3c(oc4cc(OC(=O)C(=C)C)ccc43)c2C)cc1. The number of carbonyl (C=O) groups is 2. The molecule has 35 heavy (non-hydrogen) atoms. The molecule has 0 radical (unpaired) electrons. The minimum atomic E-state index is -0.463. The van der Waals surface area contributed by atoms with Gasteiger partial charge in [-0.3, -0.25) is 0 Å². The minimum absolute atomic E-state index is 0.340. The van der Waals surface area contributed by atoms with Crippen LogP contribution in [0.3, 0.4) is 0 Å². The Bertz CT molecular complexity index is 1450. The monoisotopic (exact) mass is 468 g/mol. The lowest BCUT2D eigenvalue weighted by atomic mass is 9.96. The average molecular weight is 469 g/mol. The van der Waals surface area contributed by atoms with Gasteiger partial charge in [0.05, 0.1) is 6.61 Å². The van der Waals surface area contributed by atoms with Crippen LogP contribution in [0.1, 0.15) is 31.4 Å². The zero-order valence-electron chi connectivity index (χ0n) is 20.3. The van der Waals surface area contributed by atoms with E-state index in [4.69, 9.17) is 13.9 Å². The second-order valence-electron chi connectivity index (χ2n) is 8.76. The largest absolute Gasteiger partial charge is 0.462 e. The summed E-state index contributed by atoms with van der Waals surface area (Å²) in [7, 11) is 0. The maximum Gasteiger partial charge on any atom is 0.338 e. The van der Waals surface area contributed by atoms with Gasteiger partial charge in [0.15, 0.2) is 0 Å². The fourth-order valence-electron chi connectivity index (χ4n) is 3.94. The number of hydrogen-bond acceptors (Lipinski definition) is 5. The molecule has 0 aliphatic heterocycles. The van der Waals surface area contributed by atoms with Crippen molar-refractivity contribution in [1.29, 1.82) is 0 Å². The first-order valence-corrected chi connectivity index (χ1v) is 11.5. The second-order valence-corrected chi connectivity index (χ2v) is 8.76. The number of fused-ring (bicyclic) bond motifs is 3. The fraction of sp³-hybridized carbons (Fsp3) is 0.200. The van der Waals surface area contributed by atoms with Crippen molar-refractivity contribution in [2.45, 2.75) is 33.6 Å². The van der Waals surface area contributed by atoms with Gasteiger partial charge >= 0.3 is 11.9 Å². The van der Waals surface area contributed by atoms with E-state index >= 15 is 0 Å². The summed E-state index contributed by atoms with van der Waals surface area (Å²) in [5.41, 5.74) is 6.63. The molecule has 4 rings (SSSR count). The number of aryl methyl sites for hydroxylation is 2. The van der Waals surface area contributed by atoms with Crippen LogP contribution < -0.4 is 4.74 Å². The topological polar surface area (TPSA) is 65.7 Å². The molecule has 1 heterocycles. The molecule has 0 N–H and O–H groups in total. The number of rotatable bonds is 8. The highest BCUT2D eigenvalue weighted by atomic mass is 16.5. The van der Waals surface area contributed by atoms with Crippen molar-refractivity contribution in [3.05, 3.63) is 90.0 Å². The maximum atomic E-state index is 11.8. The normalized spacial score (nSPS) is 10.9. The van der Waals surface area contributed by atoms with Gasteiger partial charge in [0.25, 0.3) is 0 Å². The third-order valence-electron chi connectivity index (χ3n) is 5.88. The molecule has 0 aliphatic rings. The van der Waals surface area contributed by atoms with E-state index in [-0.39, 0.29) is 5.97 Å². The van der Waals surface area contributed by atoms with Crippen molar-refractivity contribution in [2.75, 3.05) is 6.61 Å². The van der Waals surface area contributed by atoms with Crippen molar-refractivity contribution in [1.82, 2.24) is 0 Å². The summed E-state index contributed by atoms with van der Waals surface area (Å²) in [6, 6.07) is 18.0. The second kappa shape index (κ2) is 10.0. The molecule has 0 unspecified atom stereocenters. The van der Waals surface area contributed by atoms with Gasteiger partial charge in [0.2, 0.25) is 0 Å². The van der Waals surface area contributed by atoms with Crippen molar-refractivity contribution < 1.29 is 23.5 Å². The third-order valence-corrected chi connectivity index (χ3v) is 5.88. The molecule has 5 heteroatoms. The van der Waals surface area contributed by atoms with E-state index in [2.05, 4.69) is 49.6 Å². The Hall–Kier alpha value is -4.12. The molecule has 0 aliphatic carbocycles. The van der Waals surface area contributed by atoms with Gasteiger partial charge in [-0.25, -0.2) is 9.59 Å². The zero-order chi connectivity index (χ0) is 25.1. The van der Waals surface area contributed by atoms with Crippen LogP contribution in [0.25, 0.3) is 33.1 Å². The number of hydrogen-bond donors (Lipinski definition) is 0. The van der Waals surface area contributed by atoms with Crippen LogP contribution in [0, 0.1) is 6.92 Å². The summed E-state index contributed by atoms with van der Waals surface area (Å²) in [6.45, 7) is 12.9. The Labute approximate surface area is 204 Å². The lowest BCUT2D eigenvalue weighted by Gasteiger charge is -2.09. The van der Waals surface area contributed by atoms with Crippen LogP contribution in [0.4, 0.5) is 0 Å². The van der Waals surface area contributed by atoms with Crippen molar-refractivity contribution in [3.63, 3.8) is 0 Å². The summed E-state index contributed by atoms with van der Waals surface area (Å²) in [4.78, 5) is 23.3. The van der Waals surface area contributed by atoms with E-state index < -0.39 is 5.97 Å². The number of ether oxygens (including phenoxy) is 2. The van der Waals surface area contributed by atoms with Gasteiger partial charge in [0, 0.05) is 33.5 Å². The predicted molar refractivity (Wildman–Crippen MR) is 138 cm³/mol. The van der Waals surface area contributed by atoms with E-state index in [0.717, 1.165) is 45.9 Å². The zero-order valence-corrected chi connectivity index (χ0v) is 20.3. The molecule has 0 atom stereocenters. The van der Waals surface area contributed by atoms with E-state index in [1.165, 1.54) is 5.56 Å². The van der Waals surface area contributed by atoms with Gasteiger partial charge in [0.1, 0.15) is 16.9 Å². The van der Waals surface area contributed by atoms with Crippen LogP contribution in [0.5, 0.6) is 5.75 Å². The molecule has 5 nitrogen and oxygen atoms in total. The first kappa shape index (κ1) is 24.0. The molecule has 0 amide bonds. The van der Waals surface area contributed by atoms with Gasteiger partial charge < -0.3 is 13.9 Å². The highest BCUT2D eigenvalue weighted by molar-refractivity contribution is 6.07. The third kappa shape index (κ3) is 5.19. The lowest BCUT2D eigenvalue weighted by molar-refractivity contribution is -0.139. The molecule has 178 valence electrons. The standard InChI is InChI=1S/C30H28O5/c1-18(2)29(31)33-16-6-7-21-8-10-22(11-9-21)24-14-15-26-25-13-12-23(34-30(32)19(3)4)17-27(25)35-28(26)20(24)5/h8-15,17H,1,3,6-7,16H2,2,4-5H3. The first-order valence-electron chi connectivity index (χ1n) is 11.5. The van der Waals surface area contributed by atoms with E-state index in [1.54, 1.807) is 26.0 Å². The van der Waals surface area contributed by atoms with Crippen LogP contribution >= 0.6 is 0 Å². The Kier molecular flexibility index (Phi) is 6.87. The molecular formula is C30H28O5.